The van der Waals surface area contributed by atoms with Crippen LogP contribution in [-0.4, -0.2) is 21.9 Å². The van der Waals surface area contributed by atoms with Gasteiger partial charge in [0.05, 0.1) is 17.3 Å². The van der Waals surface area contributed by atoms with Crippen LogP contribution in [-0.2, 0) is 5.41 Å². The molecule has 37 heavy (non-hydrogen) atoms. The van der Waals surface area contributed by atoms with E-state index >= 15 is 0 Å². The molecular weight excluding hydrogens is 456 g/mol. The maximum atomic E-state index is 13.9. The number of aromatic nitrogens is 2. The molecule has 0 aliphatic heterocycles. The zero-order chi connectivity index (χ0) is 25.8. The number of rotatable bonds is 8. The number of nitrogens with one attached hydrogen (secondary N) is 2. The molecule has 1 amide bonds. The van der Waals surface area contributed by atoms with Crippen molar-refractivity contribution in [2.75, 3.05) is 5.32 Å². The number of nitrogens with zero attached hydrogens (tertiary/aromatic N) is 2. The molecule has 1 fully saturated rings. The lowest BCUT2D eigenvalue weighted by atomic mass is 9.74. The van der Waals surface area contributed by atoms with E-state index < -0.39 is 0 Å². The second-order valence-electron chi connectivity index (χ2n) is 10.3. The molecule has 1 aliphatic carbocycles. The lowest BCUT2D eigenvalue weighted by Gasteiger charge is -2.31. The van der Waals surface area contributed by atoms with E-state index in [4.69, 9.17) is 4.98 Å². The zero-order valence-corrected chi connectivity index (χ0v) is 22.0. The fourth-order valence-electron chi connectivity index (χ4n) is 5.68. The van der Waals surface area contributed by atoms with Crippen molar-refractivity contribution in [1.29, 1.82) is 0 Å². The molecular formula is C32H36N4O. The van der Waals surface area contributed by atoms with E-state index in [0.717, 1.165) is 48.7 Å². The van der Waals surface area contributed by atoms with Crippen LogP contribution in [0.3, 0.4) is 0 Å². The van der Waals surface area contributed by atoms with Crippen molar-refractivity contribution >= 4 is 22.6 Å². The Morgan fingerprint density at radius 1 is 0.946 bits per heavy atom. The van der Waals surface area contributed by atoms with Gasteiger partial charge in [0.15, 0.2) is 0 Å². The third-order valence-corrected chi connectivity index (χ3v) is 7.90. The first-order valence-electron chi connectivity index (χ1n) is 13.5. The van der Waals surface area contributed by atoms with Crippen LogP contribution in [0.1, 0.15) is 86.1 Å². The molecule has 3 aromatic carbocycles. The highest BCUT2D eigenvalue weighted by Gasteiger charge is 2.42. The van der Waals surface area contributed by atoms with E-state index in [2.05, 4.69) is 78.0 Å². The Balaban J connectivity index is 1.55. The van der Waals surface area contributed by atoms with Crippen molar-refractivity contribution in [3.05, 3.63) is 101 Å². The van der Waals surface area contributed by atoms with Crippen LogP contribution in [0.5, 0.6) is 0 Å². The van der Waals surface area contributed by atoms with Crippen molar-refractivity contribution in [3.63, 3.8) is 0 Å². The molecule has 5 nitrogen and oxygen atoms in total. The monoisotopic (exact) mass is 492 g/mol. The number of carbonyl (C=O) groups is 1. The van der Waals surface area contributed by atoms with E-state index in [1.54, 1.807) is 6.20 Å². The van der Waals surface area contributed by atoms with Gasteiger partial charge in [0.1, 0.15) is 0 Å². The van der Waals surface area contributed by atoms with Crippen molar-refractivity contribution in [1.82, 2.24) is 15.3 Å². The average Bonchev–Trinajstić information content (AvgIpc) is 3.44. The van der Waals surface area contributed by atoms with Crippen molar-refractivity contribution in [3.8, 4) is 0 Å². The largest absolute Gasteiger partial charge is 0.352 e. The summed E-state index contributed by atoms with van der Waals surface area (Å²) in [6.07, 6.45) is 6.85. The Bertz CT molecular complexity index is 1370. The number of amides is 1. The summed E-state index contributed by atoms with van der Waals surface area (Å²) in [5, 5.41) is 9.01. The predicted octanol–water partition coefficient (Wildman–Crippen LogP) is 7.19. The normalized spacial score (nSPS) is 16.3. The molecule has 4 aromatic rings. The van der Waals surface area contributed by atoms with Crippen LogP contribution in [0.15, 0.2) is 79.0 Å². The van der Waals surface area contributed by atoms with Crippen LogP contribution in [0, 0.1) is 0 Å². The molecule has 2 unspecified atom stereocenters. The lowest BCUT2D eigenvalue weighted by molar-refractivity contribution is 0.0937. The first-order chi connectivity index (χ1) is 18.0. The maximum Gasteiger partial charge on any atom is 0.255 e. The Hall–Kier alpha value is -3.73. The van der Waals surface area contributed by atoms with Gasteiger partial charge in [-0.1, -0.05) is 92.6 Å². The van der Waals surface area contributed by atoms with Crippen LogP contribution in [0.2, 0.25) is 0 Å². The highest BCUT2D eigenvalue weighted by atomic mass is 16.1. The van der Waals surface area contributed by atoms with Gasteiger partial charge in [0.25, 0.3) is 5.91 Å². The van der Waals surface area contributed by atoms with Crippen LogP contribution >= 0.6 is 0 Å². The SMILES string of the molecule is CCC(C)Nc1ncc(C(=O)NC(C)c2cccc3ccccc23)c(C2(c3ccccc3)CCCC2)n1. The summed E-state index contributed by atoms with van der Waals surface area (Å²) < 4.78 is 0. The van der Waals surface area contributed by atoms with Gasteiger partial charge in [-0.2, -0.15) is 0 Å². The molecule has 1 aromatic heterocycles. The molecule has 2 N–H and O–H groups in total. The lowest BCUT2D eigenvalue weighted by Crippen LogP contribution is -2.34. The van der Waals surface area contributed by atoms with Gasteiger partial charge in [-0.05, 0) is 55.0 Å². The smallest absolute Gasteiger partial charge is 0.255 e. The molecule has 2 atom stereocenters. The number of hydrogen-bond donors (Lipinski definition) is 2. The Labute approximate surface area is 219 Å². The van der Waals surface area contributed by atoms with Crippen molar-refractivity contribution < 1.29 is 4.79 Å². The number of anilines is 1. The van der Waals surface area contributed by atoms with E-state index in [1.807, 2.05) is 31.2 Å². The minimum absolute atomic E-state index is 0.132. The molecule has 190 valence electrons. The van der Waals surface area contributed by atoms with Gasteiger partial charge in [0, 0.05) is 17.7 Å². The Morgan fingerprint density at radius 3 is 2.41 bits per heavy atom. The number of benzene rings is 3. The summed E-state index contributed by atoms with van der Waals surface area (Å²) in [4.78, 5) is 23.5. The van der Waals surface area contributed by atoms with Gasteiger partial charge >= 0.3 is 0 Å². The Kier molecular flexibility index (Phi) is 7.22. The van der Waals surface area contributed by atoms with Crippen LogP contribution < -0.4 is 10.6 Å². The third kappa shape index (κ3) is 4.95. The van der Waals surface area contributed by atoms with Crippen LogP contribution in [0.4, 0.5) is 5.95 Å². The quantitative estimate of drug-likeness (QED) is 0.273. The van der Waals surface area contributed by atoms with E-state index in [9.17, 15) is 4.79 Å². The second kappa shape index (κ2) is 10.7. The molecule has 1 aliphatic rings. The summed E-state index contributed by atoms with van der Waals surface area (Å²) in [6.45, 7) is 6.30. The summed E-state index contributed by atoms with van der Waals surface area (Å²) in [5.41, 5.74) is 3.41. The van der Waals surface area contributed by atoms with Gasteiger partial charge < -0.3 is 10.6 Å². The molecule has 5 heteroatoms. The Morgan fingerprint density at radius 2 is 1.65 bits per heavy atom. The standard InChI is InChI=1S/C32H36N4O/c1-4-22(2)34-31-33-21-28(29(36-31)32(19-10-11-20-32)25-15-6-5-7-16-25)30(37)35-23(3)26-18-12-14-24-13-8-9-17-27(24)26/h5-9,12-18,21-23H,4,10-11,19-20H2,1-3H3,(H,35,37)(H,33,34,36). The highest BCUT2D eigenvalue weighted by molar-refractivity contribution is 5.96. The fraction of sp³-hybridized carbons (Fsp3) is 0.344. The predicted molar refractivity (Wildman–Crippen MR) is 151 cm³/mol. The number of carbonyl (C=O) groups excluding carboxylic acids is 1. The summed E-state index contributed by atoms with van der Waals surface area (Å²) in [5.74, 6) is 0.456. The van der Waals surface area contributed by atoms with Gasteiger partial charge in [-0.3, -0.25) is 4.79 Å². The number of hydrogen-bond acceptors (Lipinski definition) is 4. The van der Waals surface area contributed by atoms with E-state index in [-0.39, 0.29) is 23.4 Å². The first kappa shape index (κ1) is 24.9. The molecule has 0 saturated heterocycles. The minimum Gasteiger partial charge on any atom is -0.352 e. The molecule has 5 rings (SSSR count). The molecule has 1 saturated carbocycles. The summed E-state index contributed by atoms with van der Waals surface area (Å²) >= 11 is 0. The third-order valence-electron chi connectivity index (χ3n) is 7.90. The zero-order valence-electron chi connectivity index (χ0n) is 22.0. The van der Waals surface area contributed by atoms with Gasteiger partial charge in [-0.15, -0.1) is 0 Å². The highest BCUT2D eigenvalue weighted by Crippen LogP contribution is 2.47. The fourth-order valence-corrected chi connectivity index (χ4v) is 5.68. The van der Waals surface area contributed by atoms with Gasteiger partial charge in [-0.25, -0.2) is 9.97 Å². The molecule has 1 heterocycles. The average molecular weight is 493 g/mol. The van der Waals surface area contributed by atoms with Crippen LogP contribution in [0.25, 0.3) is 10.8 Å². The molecule has 0 bridgehead atoms. The first-order valence-corrected chi connectivity index (χ1v) is 13.5. The summed E-state index contributed by atoms with van der Waals surface area (Å²) in [6, 6.07) is 25.2. The molecule has 0 spiro atoms. The van der Waals surface area contributed by atoms with E-state index in [0.29, 0.717) is 11.5 Å². The maximum absolute atomic E-state index is 13.9. The molecule has 0 radical (unpaired) electrons. The number of fused-ring (bicyclic) bond motifs is 1. The topological polar surface area (TPSA) is 66.9 Å². The minimum atomic E-state index is -0.300. The van der Waals surface area contributed by atoms with Crippen molar-refractivity contribution in [2.24, 2.45) is 0 Å². The van der Waals surface area contributed by atoms with Gasteiger partial charge in [0.2, 0.25) is 5.95 Å². The second-order valence-corrected chi connectivity index (χ2v) is 10.3. The van der Waals surface area contributed by atoms with Crippen molar-refractivity contribution in [2.45, 2.75) is 70.4 Å². The summed E-state index contributed by atoms with van der Waals surface area (Å²) in [7, 11) is 0. The van der Waals surface area contributed by atoms with E-state index in [1.165, 1.54) is 10.9 Å².